The third kappa shape index (κ3) is 4.42. The fourth-order valence-electron chi connectivity index (χ4n) is 4.22. The molecule has 1 aliphatic heterocycles. The Morgan fingerprint density at radius 1 is 1.11 bits per heavy atom. The SMILES string of the molecule is CCc1ccc(-c2noc(C3=C(C)N(Cc4ccco4)C(=O)NC3c3cccc(OC)c3)n2)cc1. The maximum Gasteiger partial charge on any atom is 0.322 e. The summed E-state index contributed by atoms with van der Waals surface area (Å²) in [5.74, 6) is 2.19. The Morgan fingerprint density at radius 2 is 1.94 bits per heavy atom. The molecule has 0 saturated carbocycles. The lowest BCUT2D eigenvalue weighted by Crippen LogP contribution is -2.45. The van der Waals surface area contributed by atoms with Crippen molar-refractivity contribution in [2.45, 2.75) is 32.9 Å². The molecule has 0 aliphatic carbocycles. The first-order chi connectivity index (χ1) is 17.1. The fourth-order valence-corrected chi connectivity index (χ4v) is 4.22. The highest BCUT2D eigenvalue weighted by Crippen LogP contribution is 2.38. The molecule has 1 N–H and O–H groups in total. The molecule has 178 valence electrons. The summed E-state index contributed by atoms with van der Waals surface area (Å²) in [6, 6.07) is 18.5. The van der Waals surface area contributed by atoms with Crippen LogP contribution in [0, 0.1) is 0 Å². The zero-order valence-corrected chi connectivity index (χ0v) is 19.8. The van der Waals surface area contributed by atoms with E-state index in [4.69, 9.17) is 18.7 Å². The maximum atomic E-state index is 13.2. The standard InChI is InChI=1S/C27H26N4O4/c1-4-18-10-12-19(13-11-18)25-29-26(35-30-25)23-17(2)31(16-22-9-6-14-34-22)27(32)28-24(23)20-7-5-8-21(15-20)33-3/h5-15,24H,4,16H2,1-3H3,(H,28,32). The minimum atomic E-state index is -0.499. The van der Waals surface area contributed by atoms with Crippen LogP contribution in [0.3, 0.4) is 0 Å². The number of carbonyl (C=O) groups is 1. The summed E-state index contributed by atoms with van der Waals surface area (Å²) in [5.41, 5.74) is 4.36. The number of furan rings is 1. The molecule has 5 rings (SSSR count). The normalized spacial score (nSPS) is 15.9. The number of allylic oxidation sites excluding steroid dienone is 1. The van der Waals surface area contributed by atoms with Crippen LogP contribution in [0.4, 0.5) is 4.79 Å². The number of rotatable bonds is 7. The number of methoxy groups -OCH3 is 1. The van der Waals surface area contributed by atoms with Crippen molar-refractivity contribution < 1.29 is 18.5 Å². The van der Waals surface area contributed by atoms with Crippen LogP contribution in [0.1, 0.15) is 42.7 Å². The van der Waals surface area contributed by atoms with Crippen molar-refractivity contribution in [3.8, 4) is 17.1 Å². The van der Waals surface area contributed by atoms with E-state index in [2.05, 4.69) is 29.5 Å². The number of ether oxygens (including phenoxy) is 1. The average molecular weight is 471 g/mol. The Kier molecular flexibility index (Phi) is 6.10. The van der Waals surface area contributed by atoms with Gasteiger partial charge in [-0.05, 0) is 48.7 Å². The van der Waals surface area contributed by atoms with E-state index in [1.165, 1.54) is 5.56 Å². The van der Waals surface area contributed by atoms with Crippen molar-refractivity contribution in [2.24, 2.45) is 0 Å². The van der Waals surface area contributed by atoms with Gasteiger partial charge in [-0.2, -0.15) is 4.98 Å². The minimum absolute atomic E-state index is 0.245. The molecule has 0 spiro atoms. The lowest BCUT2D eigenvalue weighted by molar-refractivity contribution is 0.199. The number of urea groups is 1. The zero-order chi connectivity index (χ0) is 24.4. The lowest BCUT2D eigenvalue weighted by Gasteiger charge is -2.34. The number of hydrogen-bond acceptors (Lipinski definition) is 6. The van der Waals surface area contributed by atoms with Gasteiger partial charge in [0.25, 0.3) is 5.89 Å². The summed E-state index contributed by atoms with van der Waals surface area (Å²) in [6.45, 7) is 4.27. The molecule has 2 amide bonds. The third-order valence-electron chi connectivity index (χ3n) is 6.19. The second-order valence-electron chi connectivity index (χ2n) is 8.30. The monoisotopic (exact) mass is 470 g/mol. The molecule has 0 bridgehead atoms. The number of carbonyl (C=O) groups excluding carboxylic acids is 1. The molecule has 35 heavy (non-hydrogen) atoms. The van der Waals surface area contributed by atoms with Crippen LogP contribution in [-0.4, -0.2) is 28.2 Å². The Hall–Kier alpha value is -4.33. The highest BCUT2D eigenvalue weighted by atomic mass is 16.5. The molecule has 1 atom stereocenters. The van der Waals surface area contributed by atoms with Gasteiger partial charge in [0.05, 0.1) is 31.5 Å². The fraction of sp³-hybridized carbons (Fsp3) is 0.222. The Labute approximate surface area is 203 Å². The van der Waals surface area contributed by atoms with Crippen LogP contribution in [0.2, 0.25) is 0 Å². The Morgan fingerprint density at radius 3 is 2.66 bits per heavy atom. The highest BCUT2D eigenvalue weighted by molar-refractivity contribution is 5.86. The molecule has 4 aromatic rings. The summed E-state index contributed by atoms with van der Waals surface area (Å²) >= 11 is 0. The number of aromatic nitrogens is 2. The summed E-state index contributed by atoms with van der Waals surface area (Å²) in [7, 11) is 1.61. The van der Waals surface area contributed by atoms with Gasteiger partial charge in [0.2, 0.25) is 5.82 Å². The molecule has 8 nitrogen and oxygen atoms in total. The van der Waals surface area contributed by atoms with Crippen LogP contribution in [0.5, 0.6) is 5.75 Å². The molecule has 0 saturated heterocycles. The second-order valence-corrected chi connectivity index (χ2v) is 8.30. The number of nitrogens with zero attached hydrogens (tertiary/aromatic N) is 3. The van der Waals surface area contributed by atoms with Gasteiger partial charge in [0.15, 0.2) is 0 Å². The van der Waals surface area contributed by atoms with Crippen LogP contribution >= 0.6 is 0 Å². The van der Waals surface area contributed by atoms with E-state index in [1.54, 1.807) is 24.3 Å². The maximum absolute atomic E-state index is 13.2. The summed E-state index contributed by atoms with van der Waals surface area (Å²) in [5, 5.41) is 7.33. The quantitative estimate of drug-likeness (QED) is 0.378. The molecule has 3 heterocycles. The first kappa shape index (κ1) is 22.5. The molecule has 2 aromatic heterocycles. The molecule has 0 fully saturated rings. The van der Waals surface area contributed by atoms with E-state index in [9.17, 15) is 4.79 Å². The molecule has 2 aromatic carbocycles. The zero-order valence-electron chi connectivity index (χ0n) is 19.8. The van der Waals surface area contributed by atoms with Crippen molar-refractivity contribution in [2.75, 3.05) is 7.11 Å². The number of benzene rings is 2. The van der Waals surface area contributed by atoms with Crippen LogP contribution in [-0.2, 0) is 13.0 Å². The Bertz CT molecular complexity index is 1360. The highest BCUT2D eigenvalue weighted by Gasteiger charge is 2.36. The van der Waals surface area contributed by atoms with Crippen molar-refractivity contribution in [1.82, 2.24) is 20.4 Å². The topological polar surface area (TPSA) is 93.6 Å². The van der Waals surface area contributed by atoms with Crippen molar-refractivity contribution in [3.05, 3.63) is 95.4 Å². The Balaban J connectivity index is 1.59. The van der Waals surface area contributed by atoms with Gasteiger partial charge in [0.1, 0.15) is 11.5 Å². The largest absolute Gasteiger partial charge is 0.497 e. The van der Waals surface area contributed by atoms with E-state index in [0.717, 1.165) is 17.5 Å². The molecule has 1 aliphatic rings. The molecule has 0 radical (unpaired) electrons. The first-order valence-corrected chi connectivity index (χ1v) is 11.5. The number of hydrogen-bond donors (Lipinski definition) is 1. The summed E-state index contributed by atoms with van der Waals surface area (Å²) < 4.78 is 16.7. The van der Waals surface area contributed by atoms with Gasteiger partial charge in [-0.1, -0.05) is 48.5 Å². The third-order valence-corrected chi connectivity index (χ3v) is 6.19. The van der Waals surface area contributed by atoms with E-state index >= 15 is 0 Å². The van der Waals surface area contributed by atoms with Crippen LogP contribution < -0.4 is 10.1 Å². The molecule has 8 heteroatoms. The van der Waals surface area contributed by atoms with Gasteiger partial charge in [-0.15, -0.1) is 0 Å². The van der Waals surface area contributed by atoms with Gasteiger partial charge >= 0.3 is 6.03 Å². The van der Waals surface area contributed by atoms with Crippen molar-refractivity contribution in [3.63, 3.8) is 0 Å². The first-order valence-electron chi connectivity index (χ1n) is 11.5. The second kappa shape index (κ2) is 9.50. The number of nitrogens with one attached hydrogen (secondary N) is 1. The van der Waals surface area contributed by atoms with E-state index in [0.29, 0.717) is 34.5 Å². The predicted octanol–water partition coefficient (Wildman–Crippen LogP) is 5.60. The van der Waals surface area contributed by atoms with E-state index < -0.39 is 6.04 Å². The number of aryl methyl sites for hydroxylation is 1. The number of amides is 2. The molecular weight excluding hydrogens is 444 g/mol. The van der Waals surface area contributed by atoms with Gasteiger partial charge in [-0.3, -0.25) is 4.90 Å². The lowest BCUT2D eigenvalue weighted by atomic mass is 9.94. The van der Waals surface area contributed by atoms with Crippen LogP contribution in [0.25, 0.3) is 17.0 Å². The van der Waals surface area contributed by atoms with Gasteiger partial charge < -0.3 is 19.0 Å². The molecule has 1 unspecified atom stereocenters. The smallest absolute Gasteiger partial charge is 0.322 e. The van der Waals surface area contributed by atoms with Gasteiger partial charge in [-0.25, -0.2) is 4.79 Å². The predicted molar refractivity (Wildman–Crippen MR) is 130 cm³/mol. The summed E-state index contributed by atoms with van der Waals surface area (Å²) in [4.78, 5) is 19.5. The van der Waals surface area contributed by atoms with E-state index in [1.807, 2.05) is 49.4 Å². The van der Waals surface area contributed by atoms with Gasteiger partial charge in [0, 0.05) is 11.3 Å². The molecular formula is C27H26N4O4. The van der Waals surface area contributed by atoms with Crippen molar-refractivity contribution >= 4 is 11.6 Å². The summed E-state index contributed by atoms with van der Waals surface area (Å²) in [6.07, 6.45) is 2.54. The average Bonchev–Trinajstić information content (AvgIpc) is 3.59. The van der Waals surface area contributed by atoms with Crippen LogP contribution in [0.15, 0.2) is 81.6 Å². The van der Waals surface area contributed by atoms with E-state index in [-0.39, 0.29) is 12.6 Å². The van der Waals surface area contributed by atoms with Crippen molar-refractivity contribution in [1.29, 1.82) is 0 Å². The minimum Gasteiger partial charge on any atom is -0.497 e.